The van der Waals surface area contributed by atoms with Crippen molar-refractivity contribution in [2.24, 2.45) is 0 Å². The quantitative estimate of drug-likeness (QED) is 0.917. The van der Waals surface area contributed by atoms with Crippen LogP contribution in [0.25, 0.3) is 0 Å². The molecule has 2 amide bonds. The van der Waals surface area contributed by atoms with Crippen molar-refractivity contribution < 1.29 is 22.8 Å². The summed E-state index contributed by atoms with van der Waals surface area (Å²) >= 11 is 0. The first-order valence-electron chi connectivity index (χ1n) is 6.64. The predicted octanol–water partition coefficient (Wildman–Crippen LogP) is 1.89. The highest BCUT2D eigenvalue weighted by Crippen LogP contribution is 2.29. The van der Waals surface area contributed by atoms with E-state index < -0.39 is 24.3 Å². The number of halogens is 3. The van der Waals surface area contributed by atoms with Crippen molar-refractivity contribution in [2.45, 2.75) is 12.7 Å². The first-order valence-corrected chi connectivity index (χ1v) is 6.64. The zero-order chi connectivity index (χ0) is 16.6. The Kier molecular flexibility index (Phi) is 3.55. The van der Waals surface area contributed by atoms with Crippen LogP contribution in [-0.4, -0.2) is 28.1 Å². The Balaban J connectivity index is 1.81. The Labute approximate surface area is 128 Å². The van der Waals surface area contributed by atoms with E-state index in [0.717, 1.165) is 16.9 Å². The molecule has 1 aromatic heterocycles. The van der Waals surface area contributed by atoms with Gasteiger partial charge in [0.15, 0.2) is 5.69 Å². The summed E-state index contributed by atoms with van der Waals surface area (Å²) in [5.41, 5.74) is -0.0871. The van der Waals surface area contributed by atoms with Gasteiger partial charge in [0.2, 0.25) is 11.8 Å². The number of aromatic nitrogens is 2. The van der Waals surface area contributed by atoms with Gasteiger partial charge in [-0.05, 0) is 18.2 Å². The highest BCUT2D eigenvalue weighted by molar-refractivity contribution is 6.09. The zero-order valence-electron chi connectivity index (χ0n) is 11.7. The molecule has 0 atom stereocenters. The Morgan fingerprint density at radius 1 is 1.26 bits per heavy atom. The minimum absolute atomic E-state index is 0.191. The Hall–Kier alpha value is -2.84. The number of benzene rings is 1. The smallest absolute Gasteiger partial charge is 0.323 e. The second-order valence-corrected chi connectivity index (χ2v) is 4.94. The SMILES string of the molecule is O=C1CN(C(=O)Cn2ccc(C(F)(F)F)n2)c2ccccc2N1. The normalized spacial score (nSPS) is 14.4. The molecule has 0 bridgehead atoms. The van der Waals surface area contributed by atoms with Crippen LogP contribution < -0.4 is 10.2 Å². The van der Waals surface area contributed by atoms with Gasteiger partial charge in [-0.25, -0.2) is 0 Å². The average molecular weight is 324 g/mol. The van der Waals surface area contributed by atoms with E-state index in [1.807, 2.05) is 0 Å². The molecule has 0 saturated carbocycles. The topological polar surface area (TPSA) is 67.2 Å². The average Bonchev–Trinajstić information content (AvgIpc) is 2.95. The Morgan fingerprint density at radius 2 is 2.00 bits per heavy atom. The maximum absolute atomic E-state index is 12.5. The van der Waals surface area contributed by atoms with Crippen LogP contribution in [0.5, 0.6) is 0 Å². The van der Waals surface area contributed by atoms with Gasteiger partial charge in [-0.2, -0.15) is 18.3 Å². The molecule has 0 radical (unpaired) electrons. The molecular formula is C14H11F3N4O2. The summed E-state index contributed by atoms with van der Waals surface area (Å²) in [6.07, 6.45) is -3.48. The number of carbonyl (C=O) groups excluding carboxylic acids is 2. The number of hydrogen-bond donors (Lipinski definition) is 1. The van der Waals surface area contributed by atoms with E-state index >= 15 is 0 Å². The molecule has 2 heterocycles. The fourth-order valence-corrected chi connectivity index (χ4v) is 2.28. The number of nitrogens with zero attached hydrogens (tertiary/aromatic N) is 3. The maximum atomic E-state index is 12.5. The minimum atomic E-state index is -4.56. The molecule has 1 aliphatic heterocycles. The van der Waals surface area contributed by atoms with Crippen LogP contribution in [0.2, 0.25) is 0 Å². The van der Waals surface area contributed by atoms with E-state index in [1.165, 1.54) is 4.90 Å². The lowest BCUT2D eigenvalue weighted by atomic mass is 10.2. The molecule has 0 aliphatic carbocycles. The summed E-state index contributed by atoms with van der Waals surface area (Å²) < 4.78 is 38.5. The third-order valence-electron chi connectivity index (χ3n) is 3.30. The fourth-order valence-electron chi connectivity index (χ4n) is 2.28. The lowest BCUT2D eigenvalue weighted by molar-refractivity contribution is -0.141. The molecule has 0 unspecified atom stereocenters. The van der Waals surface area contributed by atoms with Crippen molar-refractivity contribution in [3.63, 3.8) is 0 Å². The number of anilines is 2. The highest BCUT2D eigenvalue weighted by Gasteiger charge is 2.34. The summed E-state index contributed by atoms with van der Waals surface area (Å²) in [5, 5.41) is 5.96. The van der Waals surface area contributed by atoms with Gasteiger partial charge in [0.25, 0.3) is 0 Å². The second kappa shape index (κ2) is 5.41. The van der Waals surface area contributed by atoms with Gasteiger partial charge < -0.3 is 5.32 Å². The zero-order valence-corrected chi connectivity index (χ0v) is 11.7. The number of hydrogen-bond acceptors (Lipinski definition) is 3. The van der Waals surface area contributed by atoms with Crippen molar-refractivity contribution in [2.75, 3.05) is 16.8 Å². The molecule has 1 N–H and O–H groups in total. The molecular weight excluding hydrogens is 313 g/mol. The molecule has 6 nitrogen and oxygen atoms in total. The van der Waals surface area contributed by atoms with Crippen molar-refractivity contribution in [1.82, 2.24) is 9.78 Å². The number of carbonyl (C=O) groups is 2. The largest absolute Gasteiger partial charge is 0.435 e. The van der Waals surface area contributed by atoms with Gasteiger partial charge in [-0.3, -0.25) is 19.2 Å². The molecule has 0 fully saturated rings. The molecule has 23 heavy (non-hydrogen) atoms. The molecule has 2 aromatic rings. The molecule has 3 rings (SSSR count). The van der Waals surface area contributed by atoms with Crippen LogP contribution >= 0.6 is 0 Å². The van der Waals surface area contributed by atoms with Crippen molar-refractivity contribution in [3.05, 3.63) is 42.2 Å². The molecule has 9 heteroatoms. The van der Waals surface area contributed by atoms with Gasteiger partial charge in [-0.15, -0.1) is 0 Å². The van der Waals surface area contributed by atoms with E-state index in [9.17, 15) is 22.8 Å². The third-order valence-corrected chi connectivity index (χ3v) is 3.30. The molecule has 120 valence electrons. The summed E-state index contributed by atoms with van der Waals surface area (Å²) in [4.78, 5) is 25.2. The van der Waals surface area contributed by atoms with Crippen LogP contribution in [0.4, 0.5) is 24.5 Å². The summed E-state index contributed by atoms with van der Waals surface area (Å²) in [5.74, 6) is -0.891. The van der Waals surface area contributed by atoms with E-state index in [1.54, 1.807) is 24.3 Å². The monoisotopic (exact) mass is 324 g/mol. The number of fused-ring (bicyclic) bond motifs is 1. The Morgan fingerprint density at radius 3 is 2.70 bits per heavy atom. The molecule has 0 saturated heterocycles. The Bertz CT molecular complexity index is 769. The van der Waals surface area contributed by atoms with Crippen molar-refractivity contribution >= 4 is 23.2 Å². The number of para-hydroxylation sites is 2. The number of amides is 2. The summed E-state index contributed by atoms with van der Waals surface area (Å²) in [7, 11) is 0. The van der Waals surface area contributed by atoms with Crippen LogP contribution in [0.1, 0.15) is 5.69 Å². The standard InChI is InChI=1S/C14H11F3N4O2/c15-14(16,17)11-5-6-20(19-11)8-13(23)21-7-12(22)18-9-3-1-2-4-10(9)21/h1-6H,7-8H2,(H,18,22). The third kappa shape index (κ3) is 3.03. The maximum Gasteiger partial charge on any atom is 0.435 e. The lowest BCUT2D eigenvalue weighted by Crippen LogP contribution is -2.43. The summed E-state index contributed by atoms with van der Waals surface area (Å²) in [6, 6.07) is 7.49. The van der Waals surface area contributed by atoms with E-state index in [2.05, 4.69) is 10.4 Å². The molecule has 0 spiro atoms. The van der Waals surface area contributed by atoms with Crippen LogP contribution in [0.3, 0.4) is 0 Å². The summed E-state index contributed by atoms with van der Waals surface area (Å²) in [6.45, 7) is -0.582. The predicted molar refractivity (Wildman–Crippen MR) is 74.7 cm³/mol. The first kappa shape index (κ1) is 15.1. The van der Waals surface area contributed by atoms with Crippen LogP contribution in [-0.2, 0) is 22.3 Å². The number of nitrogens with one attached hydrogen (secondary N) is 1. The van der Waals surface area contributed by atoms with E-state index in [-0.39, 0.29) is 12.5 Å². The second-order valence-electron chi connectivity index (χ2n) is 4.94. The van der Waals surface area contributed by atoms with Gasteiger partial charge in [0, 0.05) is 6.20 Å². The van der Waals surface area contributed by atoms with Gasteiger partial charge in [0.05, 0.1) is 11.4 Å². The van der Waals surface area contributed by atoms with E-state index in [0.29, 0.717) is 11.4 Å². The molecule has 1 aliphatic rings. The fraction of sp³-hybridized carbons (Fsp3) is 0.214. The van der Waals surface area contributed by atoms with Crippen molar-refractivity contribution in [3.8, 4) is 0 Å². The number of alkyl halides is 3. The van der Waals surface area contributed by atoms with Gasteiger partial charge in [0.1, 0.15) is 13.1 Å². The van der Waals surface area contributed by atoms with Gasteiger partial charge in [-0.1, -0.05) is 12.1 Å². The van der Waals surface area contributed by atoms with Gasteiger partial charge >= 0.3 is 6.18 Å². The van der Waals surface area contributed by atoms with Crippen molar-refractivity contribution in [1.29, 1.82) is 0 Å². The van der Waals surface area contributed by atoms with E-state index in [4.69, 9.17) is 0 Å². The number of rotatable bonds is 2. The first-order chi connectivity index (χ1) is 10.8. The lowest BCUT2D eigenvalue weighted by Gasteiger charge is -2.29. The van der Waals surface area contributed by atoms with Crippen LogP contribution in [0.15, 0.2) is 36.5 Å². The van der Waals surface area contributed by atoms with Crippen LogP contribution in [0, 0.1) is 0 Å². The highest BCUT2D eigenvalue weighted by atomic mass is 19.4. The molecule has 1 aromatic carbocycles. The minimum Gasteiger partial charge on any atom is -0.323 e.